The van der Waals surface area contributed by atoms with E-state index >= 15 is 0 Å². The second-order valence-electron chi connectivity index (χ2n) is 4.09. The first-order valence-corrected chi connectivity index (χ1v) is 5.50. The highest BCUT2D eigenvalue weighted by molar-refractivity contribution is 5.91. The molecule has 0 saturated carbocycles. The number of hydrogen-bond acceptors (Lipinski definition) is 3. The zero-order valence-corrected chi connectivity index (χ0v) is 10.3. The summed E-state index contributed by atoms with van der Waals surface area (Å²) in [6, 6.07) is 5.10. The lowest BCUT2D eigenvalue weighted by Gasteiger charge is -2.10. The number of rotatable bonds is 4. The van der Waals surface area contributed by atoms with E-state index in [1.54, 1.807) is 24.7 Å². The lowest BCUT2D eigenvalue weighted by molar-refractivity contribution is 0.0691. The van der Waals surface area contributed by atoms with Crippen LogP contribution >= 0.6 is 0 Å². The van der Waals surface area contributed by atoms with E-state index in [2.05, 4.69) is 4.98 Å². The zero-order chi connectivity index (χ0) is 13.1. The van der Waals surface area contributed by atoms with Crippen molar-refractivity contribution in [1.29, 1.82) is 0 Å². The Bertz CT molecular complexity index is 575. The maximum atomic E-state index is 11.1. The summed E-state index contributed by atoms with van der Waals surface area (Å²) in [7, 11) is 1.86. The third kappa shape index (κ3) is 2.51. The molecule has 1 aromatic carbocycles. The van der Waals surface area contributed by atoms with E-state index in [0.29, 0.717) is 12.4 Å². The van der Waals surface area contributed by atoms with E-state index in [1.165, 1.54) is 0 Å². The zero-order valence-electron chi connectivity index (χ0n) is 10.3. The molecule has 5 heteroatoms. The summed E-state index contributed by atoms with van der Waals surface area (Å²) >= 11 is 0. The van der Waals surface area contributed by atoms with Gasteiger partial charge in [0.1, 0.15) is 17.9 Å². The van der Waals surface area contributed by atoms with Crippen molar-refractivity contribution in [2.45, 2.75) is 13.5 Å². The molecule has 0 atom stereocenters. The minimum atomic E-state index is -0.987. The van der Waals surface area contributed by atoms with Gasteiger partial charge < -0.3 is 14.4 Å². The van der Waals surface area contributed by atoms with E-state index in [9.17, 15) is 4.79 Å². The normalized spacial score (nSPS) is 10.3. The van der Waals surface area contributed by atoms with Crippen LogP contribution in [0.5, 0.6) is 5.75 Å². The van der Waals surface area contributed by atoms with Gasteiger partial charge >= 0.3 is 5.97 Å². The first kappa shape index (κ1) is 12.2. The van der Waals surface area contributed by atoms with E-state index in [0.717, 1.165) is 11.3 Å². The van der Waals surface area contributed by atoms with Crippen LogP contribution in [0.15, 0.2) is 30.7 Å². The summed E-state index contributed by atoms with van der Waals surface area (Å²) in [5.74, 6) is -0.618. The van der Waals surface area contributed by atoms with Crippen LogP contribution in [0.3, 0.4) is 0 Å². The van der Waals surface area contributed by atoms with Gasteiger partial charge in [-0.25, -0.2) is 9.78 Å². The highest BCUT2D eigenvalue weighted by atomic mass is 16.5. The number of hydrogen-bond donors (Lipinski definition) is 1. The maximum Gasteiger partial charge on any atom is 0.339 e. The van der Waals surface area contributed by atoms with Crippen LogP contribution in [0.1, 0.15) is 21.6 Å². The van der Waals surface area contributed by atoms with Crippen LogP contribution in [-0.2, 0) is 13.7 Å². The molecule has 0 fully saturated rings. The van der Waals surface area contributed by atoms with Crippen LogP contribution in [0.25, 0.3) is 0 Å². The third-order valence-electron chi connectivity index (χ3n) is 2.66. The lowest BCUT2D eigenvalue weighted by Crippen LogP contribution is -2.06. The number of carbonyl (C=O) groups is 1. The number of aromatic carboxylic acids is 1. The second kappa shape index (κ2) is 4.91. The summed E-state index contributed by atoms with van der Waals surface area (Å²) in [6.07, 6.45) is 3.36. The van der Waals surface area contributed by atoms with Crippen LogP contribution in [-0.4, -0.2) is 20.6 Å². The molecule has 1 heterocycles. The van der Waals surface area contributed by atoms with Crippen LogP contribution in [0, 0.1) is 6.92 Å². The van der Waals surface area contributed by atoms with Gasteiger partial charge in [-0.3, -0.25) is 0 Å². The van der Waals surface area contributed by atoms with Gasteiger partial charge in [-0.15, -0.1) is 0 Å². The molecule has 0 spiro atoms. The Morgan fingerprint density at radius 1 is 1.50 bits per heavy atom. The summed E-state index contributed by atoms with van der Waals surface area (Å²) in [5, 5.41) is 9.10. The van der Waals surface area contributed by atoms with Gasteiger partial charge in [0, 0.05) is 7.05 Å². The number of carboxylic acid groups (broad SMARTS) is 1. The van der Waals surface area contributed by atoms with Gasteiger partial charge in [-0.05, 0) is 19.1 Å². The molecule has 0 unspecified atom stereocenters. The summed E-state index contributed by atoms with van der Waals surface area (Å²) in [4.78, 5) is 15.1. The summed E-state index contributed by atoms with van der Waals surface area (Å²) in [5.41, 5.74) is 1.95. The Balaban J connectivity index is 2.19. The Hall–Kier alpha value is -2.30. The average molecular weight is 246 g/mol. The number of carboxylic acids is 1. The van der Waals surface area contributed by atoms with Crippen LogP contribution in [0.4, 0.5) is 0 Å². The van der Waals surface area contributed by atoms with Crippen molar-refractivity contribution < 1.29 is 14.6 Å². The molecular weight excluding hydrogens is 232 g/mol. The van der Waals surface area contributed by atoms with Gasteiger partial charge in [-0.2, -0.15) is 0 Å². The van der Waals surface area contributed by atoms with Crippen molar-refractivity contribution in [1.82, 2.24) is 9.55 Å². The average Bonchev–Trinajstić information content (AvgIpc) is 2.73. The Morgan fingerprint density at radius 2 is 2.28 bits per heavy atom. The molecule has 1 aromatic heterocycles. The molecule has 2 aromatic rings. The largest absolute Gasteiger partial charge is 0.486 e. The fourth-order valence-electron chi connectivity index (χ4n) is 1.61. The maximum absolute atomic E-state index is 11.1. The molecule has 0 bridgehead atoms. The quantitative estimate of drug-likeness (QED) is 0.896. The van der Waals surface area contributed by atoms with E-state index in [4.69, 9.17) is 9.84 Å². The Morgan fingerprint density at radius 3 is 2.89 bits per heavy atom. The van der Waals surface area contributed by atoms with Gasteiger partial charge in [0.25, 0.3) is 0 Å². The van der Waals surface area contributed by atoms with Crippen molar-refractivity contribution in [2.24, 2.45) is 7.05 Å². The first-order chi connectivity index (χ1) is 8.58. The van der Waals surface area contributed by atoms with Crippen molar-refractivity contribution in [2.75, 3.05) is 0 Å². The molecule has 1 N–H and O–H groups in total. The molecule has 94 valence electrons. The van der Waals surface area contributed by atoms with Crippen molar-refractivity contribution in [3.63, 3.8) is 0 Å². The molecule has 0 aliphatic rings. The van der Waals surface area contributed by atoms with E-state index < -0.39 is 5.97 Å². The molecule has 0 saturated heterocycles. The third-order valence-corrected chi connectivity index (χ3v) is 2.66. The minimum absolute atomic E-state index is 0.178. The van der Waals surface area contributed by atoms with Gasteiger partial charge in [0.15, 0.2) is 0 Å². The van der Waals surface area contributed by atoms with Crippen LogP contribution < -0.4 is 4.74 Å². The number of benzene rings is 1. The number of aryl methyl sites for hydroxylation is 2. The molecule has 2 rings (SSSR count). The van der Waals surface area contributed by atoms with E-state index in [1.807, 2.05) is 24.6 Å². The number of ether oxygens (including phenoxy) is 1. The fraction of sp³-hybridized carbons (Fsp3) is 0.231. The molecule has 0 aliphatic carbocycles. The van der Waals surface area contributed by atoms with Gasteiger partial charge in [0.2, 0.25) is 0 Å². The van der Waals surface area contributed by atoms with Crippen molar-refractivity contribution in [3.05, 3.63) is 47.5 Å². The summed E-state index contributed by atoms with van der Waals surface area (Å²) < 4.78 is 7.36. The first-order valence-electron chi connectivity index (χ1n) is 5.50. The Labute approximate surface area is 105 Å². The van der Waals surface area contributed by atoms with Crippen LogP contribution in [0.2, 0.25) is 0 Å². The topological polar surface area (TPSA) is 64.4 Å². The second-order valence-corrected chi connectivity index (χ2v) is 4.09. The fourth-order valence-corrected chi connectivity index (χ4v) is 1.61. The smallest absolute Gasteiger partial charge is 0.339 e. The molecule has 0 aliphatic heterocycles. The number of imidazole rings is 1. The molecule has 18 heavy (non-hydrogen) atoms. The minimum Gasteiger partial charge on any atom is -0.486 e. The predicted molar refractivity (Wildman–Crippen MR) is 65.7 cm³/mol. The monoisotopic (exact) mass is 246 g/mol. The highest BCUT2D eigenvalue weighted by Crippen LogP contribution is 2.21. The summed E-state index contributed by atoms with van der Waals surface area (Å²) in [6.45, 7) is 2.14. The van der Waals surface area contributed by atoms with Crippen molar-refractivity contribution >= 4 is 5.97 Å². The predicted octanol–water partition coefficient (Wildman–Crippen LogP) is 2.01. The van der Waals surface area contributed by atoms with Gasteiger partial charge in [-0.1, -0.05) is 11.6 Å². The Kier molecular flexibility index (Phi) is 3.32. The highest BCUT2D eigenvalue weighted by Gasteiger charge is 2.12. The lowest BCUT2D eigenvalue weighted by atomic mass is 10.1. The number of aromatic nitrogens is 2. The molecule has 5 nitrogen and oxygen atoms in total. The van der Waals surface area contributed by atoms with E-state index in [-0.39, 0.29) is 5.56 Å². The van der Waals surface area contributed by atoms with Crippen molar-refractivity contribution in [3.8, 4) is 5.75 Å². The molecular formula is C13H14N2O3. The standard InChI is InChI=1S/C13H14N2O3/c1-9-3-4-12(11(5-9)13(16)17)18-7-10-6-14-8-15(10)2/h3-6,8H,7H2,1-2H3,(H,16,17). The SMILES string of the molecule is Cc1ccc(OCc2cncn2C)c(C(=O)O)c1. The van der Waals surface area contributed by atoms with Gasteiger partial charge in [0.05, 0.1) is 18.2 Å². The molecule has 0 amide bonds. The molecule has 0 radical (unpaired) electrons. The number of nitrogens with zero attached hydrogens (tertiary/aromatic N) is 2.